The van der Waals surface area contributed by atoms with Crippen LogP contribution in [0.3, 0.4) is 0 Å². The van der Waals surface area contributed by atoms with E-state index in [1.807, 2.05) is 42.5 Å². The molecule has 1 aromatic heterocycles. The number of hydrogen-bond donors (Lipinski definition) is 0. The zero-order valence-electron chi connectivity index (χ0n) is 17.6. The molecule has 0 bridgehead atoms. The number of aliphatic imine (C=N–C) groups is 2. The van der Waals surface area contributed by atoms with Crippen molar-refractivity contribution >= 4 is 11.7 Å². The summed E-state index contributed by atoms with van der Waals surface area (Å²) in [5.74, 6) is 1.23. The van der Waals surface area contributed by atoms with E-state index in [-0.39, 0.29) is 20.1 Å². The van der Waals surface area contributed by atoms with Crippen molar-refractivity contribution in [2.75, 3.05) is 0 Å². The molecule has 0 unspecified atom stereocenters. The van der Waals surface area contributed by atoms with Gasteiger partial charge in [-0.3, -0.25) is 9.98 Å². The van der Waals surface area contributed by atoms with Crippen LogP contribution in [0.4, 0.5) is 0 Å². The van der Waals surface area contributed by atoms with Crippen molar-refractivity contribution in [1.29, 1.82) is 0 Å². The molecule has 0 fully saturated rings. The molecule has 2 heterocycles. The first-order valence-corrected chi connectivity index (χ1v) is 10.5. The molecule has 0 atom stereocenters. The van der Waals surface area contributed by atoms with Crippen LogP contribution >= 0.6 is 0 Å². The van der Waals surface area contributed by atoms with E-state index < -0.39 is 5.54 Å². The average Bonchev–Trinajstić information content (AvgIpc) is 3.47. The summed E-state index contributed by atoms with van der Waals surface area (Å²) in [5.41, 5.74) is 3.47. The third-order valence-corrected chi connectivity index (χ3v) is 5.52. The van der Waals surface area contributed by atoms with Gasteiger partial charge in [0.25, 0.3) is 0 Å². The first-order chi connectivity index (χ1) is 15.3. The van der Waals surface area contributed by atoms with Gasteiger partial charge in [0.2, 0.25) is 0 Å². The summed E-state index contributed by atoms with van der Waals surface area (Å²) >= 11 is 0. The van der Waals surface area contributed by atoms with Crippen LogP contribution in [-0.2, 0) is 25.6 Å². The molecule has 5 nitrogen and oxygen atoms in total. The molecule has 0 saturated carbocycles. The first-order valence-electron chi connectivity index (χ1n) is 10.5. The first kappa shape index (κ1) is 22.0. The molecule has 5 rings (SSSR count). The third-order valence-electron chi connectivity index (χ3n) is 5.52. The van der Waals surface area contributed by atoms with Crippen molar-refractivity contribution in [3.05, 3.63) is 108 Å². The maximum atomic E-state index is 5.25. The molecule has 3 aromatic carbocycles. The Bertz CT molecular complexity index is 1190. The summed E-state index contributed by atoms with van der Waals surface area (Å²) < 4.78 is 1.76. The van der Waals surface area contributed by atoms with Gasteiger partial charge in [-0.15, -0.1) is 0 Å². The number of nitrogens with zero attached hydrogens (tertiary/aromatic N) is 5. The summed E-state index contributed by atoms with van der Waals surface area (Å²) in [5, 5.41) is 8.35. The minimum Gasteiger partial charge on any atom is -0.413 e. The molecule has 32 heavy (non-hydrogen) atoms. The number of benzene rings is 3. The van der Waals surface area contributed by atoms with E-state index in [2.05, 4.69) is 72.0 Å². The zero-order valence-corrected chi connectivity index (χ0v) is 20.0. The van der Waals surface area contributed by atoms with E-state index in [0.29, 0.717) is 11.8 Å². The quantitative estimate of drug-likeness (QED) is 0.300. The van der Waals surface area contributed by atoms with Crippen LogP contribution < -0.4 is 0 Å². The molecular formula is C26H22IrN5-. The fraction of sp³-hybridized carbons (Fsp3) is 0.154. The molecule has 0 amide bonds. The minimum absolute atomic E-state index is 0. The second kappa shape index (κ2) is 9.51. The molecule has 1 radical (unpaired) electrons. The third kappa shape index (κ3) is 3.77. The zero-order chi connectivity index (χ0) is 21.1. The van der Waals surface area contributed by atoms with Crippen LogP contribution in [0.2, 0.25) is 0 Å². The molecule has 0 spiro atoms. The van der Waals surface area contributed by atoms with E-state index in [4.69, 9.17) is 9.98 Å². The summed E-state index contributed by atoms with van der Waals surface area (Å²) in [6.07, 6.45) is 4.77. The Morgan fingerprint density at radius 3 is 1.94 bits per heavy atom. The minimum atomic E-state index is -0.681. The second-order valence-corrected chi connectivity index (χ2v) is 7.49. The smallest absolute Gasteiger partial charge is 0.138 e. The molecule has 1 aliphatic heterocycles. The van der Waals surface area contributed by atoms with E-state index in [1.165, 1.54) is 0 Å². The van der Waals surface area contributed by atoms with E-state index in [1.54, 1.807) is 4.57 Å². The molecule has 6 heteroatoms. The van der Waals surface area contributed by atoms with Crippen LogP contribution in [-0.4, -0.2) is 26.4 Å². The molecule has 0 N–H and O–H groups in total. The van der Waals surface area contributed by atoms with E-state index in [0.717, 1.165) is 35.2 Å². The van der Waals surface area contributed by atoms with Gasteiger partial charge in [-0.1, -0.05) is 104 Å². The Hall–Kier alpha value is -3.21. The summed E-state index contributed by atoms with van der Waals surface area (Å²) in [6, 6.07) is 30.7. The molecule has 4 aromatic rings. The molecule has 161 valence electrons. The van der Waals surface area contributed by atoms with Gasteiger partial charge in [0, 0.05) is 32.1 Å². The van der Waals surface area contributed by atoms with Gasteiger partial charge >= 0.3 is 0 Å². The number of aromatic nitrogens is 3. The maximum absolute atomic E-state index is 5.25. The van der Waals surface area contributed by atoms with Crippen LogP contribution in [0.25, 0.3) is 11.4 Å². The Balaban J connectivity index is 0.00000245. The van der Waals surface area contributed by atoms with Crippen molar-refractivity contribution < 1.29 is 20.1 Å². The van der Waals surface area contributed by atoms with Crippen molar-refractivity contribution in [2.45, 2.75) is 25.3 Å². The van der Waals surface area contributed by atoms with Crippen LogP contribution in [0.5, 0.6) is 0 Å². The molecule has 0 aliphatic carbocycles. The second-order valence-electron chi connectivity index (χ2n) is 7.49. The molecule has 0 saturated heterocycles. The largest absolute Gasteiger partial charge is 0.413 e. The predicted molar refractivity (Wildman–Crippen MR) is 123 cm³/mol. The Morgan fingerprint density at radius 2 is 1.38 bits per heavy atom. The van der Waals surface area contributed by atoms with Crippen molar-refractivity contribution in [3.8, 4) is 11.4 Å². The molecular weight excluding hydrogens is 575 g/mol. The molecule has 1 aliphatic rings. The summed E-state index contributed by atoms with van der Waals surface area (Å²) in [4.78, 5) is 10.3. The Kier molecular flexibility index (Phi) is 6.54. The Morgan fingerprint density at radius 1 is 0.812 bits per heavy atom. The van der Waals surface area contributed by atoms with Gasteiger partial charge in [-0.2, -0.15) is 0 Å². The van der Waals surface area contributed by atoms with Gasteiger partial charge in [0.15, 0.2) is 0 Å². The maximum Gasteiger partial charge on any atom is 0.138 e. The van der Waals surface area contributed by atoms with Crippen LogP contribution in [0.15, 0.2) is 101 Å². The van der Waals surface area contributed by atoms with Crippen molar-refractivity contribution in [1.82, 2.24) is 14.8 Å². The SMILES string of the molecule is CCCC1=NC(n2[c-]nnc2-c2ccccc2)=NC1(c1ccccc1)c1ccccc1.[Ir]. The number of rotatable bonds is 5. The number of hydrogen-bond acceptors (Lipinski definition) is 4. The van der Waals surface area contributed by atoms with Gasteiger partial charge in [0.1, 0.15) is 11.5 Å². The van der Waals surface area contributed by atoms with Gasteiger partial charge in [-0.25, -0.2) is 10.2 Å². The van der Waals surface area contributed by atoms with E-state index in [9.17, 15) is 0 Å². The average molecular weight is 597 g/mol. The van der Waals surface area contributed by atoms with Gasteiger partial charge < -0.3 is 4.57 Å². The van der Waals surface area contributed by atoms with E-state index >= 15 is 0 Å². The summed E-state index contributed by atoms with van der Waals surface area (Å²) in [7, 11) is 0. The summed E-state index contributed by atoms with van der Waals surface area (Å²) in [6.45, 7) is 2.17. The van der Waals surface area contributed by atoms with Crippen molar-refractivity contribution in [2.24, 2.45) is 9.98 Å². The van der Waals surface area contributed by atoms with Gasteiger partial charge in [-0.05, 0) is 23.1 Å². The fourth-order valence-electron chi connectivity index (χ4n) is 4.12. The standard InChI is InChI=1S/C26H22N5.Ir/c1-2-12-23-26(21-15-8-4-9-16-21,22-17-10-5-11-18-22)29-25(28-23)31-19-27-30-24(31)20-13-6-3-7-14-20;/h3-11,13-18H,2,12H2,1H3;/q-1;. The Labute approximate surface area is 201 Å². The fourth-order valence-corrected chi connectivity index (χ4v) is 4.12. The van der Waals surface area contributed by atoms with Crippen molar-refractivity contribution in [3.63, 3.8) is 0 Å². The van der Waals surface area contributed by atoms with Crippen LogP contribution in [0.1, 0.15) is 30.9 Å². The monoisotopic (exact) mass is 597 g/mol. The topological polar surface area (TPSA) is 55.4 Å². The van der Waals surface area contributed by atoms with Crippen LogP contribution in [0, 0.1) is 6.33 Å². The normalized spacial score (nSPS) is 14.4. The van der Waals surface area contributed by atoms with Gasteiger partial charge in [0.05, 0.1) is 5.82 Å². The predicted octanol–water partition coefficient (Wildman–Crippen LogP) is 5.15.